The van der Waals surface area contributed by atoms with Crippen molar-refractivity contribution in [2.45, 2.75) is 58.6 Å². The molecular formula is C24H37N3O4. The van der Waals surface area contributed by atoms with Crippen molar-refractivity contribution in [3.05, 3.63) is 30.1 Å². The van der Waals surface area contributed by atoms with Gasteiger partial charge in [0, 0.05) is 31.8 Å². The summed E-state index contributed by atoms with van der Waals surface area (Å²) in [5.74, 6) is -0.432. The van der Waals surface area contributed by atoms with E-state index in [9.17, 15) is 14.7 Å². The fourth-order valence-corrected chi connectivity index (χ4v) is 5.87. The highest BCUT2D eigenvalue weighted by molar-refractivity contribution is 5.92. The Morgan fingerprint density at radius 1 is 1.32 bits per heavy atom. The molecule has 3 N–H and O–H groups in total. The van der Waals surface area contributed by atoms with E-state index in [2.05, 4.69) is 29.5 Å². The third-order valence-electron chi connectivity index (χ3n) is 7.76. The molecule has 1 aromatic rings. The second-order valence-corrected chi connectivity index (χ2v) is 9.64. The van der Waals surface area contributed by atoms with E-state index < -0.39 is 6.10 Å². The van der Waals surface area contributed by atoms with Gasteiger partial charge in [-0.15, -0.1) is 0 Å². The standard InChI is InChI=1S/C24H37N3O4/c1-15(22(29)26-13-14-31-4)17-8-10-24(3)11-9-18(16(2)20(24)21(17)28)27-23(30)19-7-5-6-12-25-19/h5-7,12,15-18,20-21,28H,8-11,13-14H2,1-4H3,(H,26,29)(H,27,30)/t15-,16+,17?,18-,20+,21-,24-/m0/s1. The summed E-state index contributed by atoms with van der Waals surface area (Å²) in [4.78, 5) is 29.4. The number of pyridine rings is 1. The molecule has 2 saturated carbocycles. The quantitative estimate of drug-likeness (QED) is 0.576. The zero-order chi connectivity index (χ0) is 22.6. The number of carbonyl (C=O) groups is 2. The van der Waals surface area contributed by atoms with Crippen molar-refractivity contribution >= 4 is 11.8 Å². The van der Waals surface area contributed by atoms with Gasteiger partial charge in [0.2, 0.25) is 5.91 Å². The summed E-state index contributed by atoms with van der Waals surface area (Å²) >= 11 is 0. The maximum atomic E-state index is 12.7. The molecule has 0 bridgehead atoms. The molecule has 2 amide bonds. The number of nitrogens with one attached hydrogen (secondary N) is 2. The number of hydrogen-bond donors (Lipinski definition) is 3. The number of carbonyl (C=O) groups excluding carboxylic acids is 2. The number of amides is 2. The summed E-state index contributed by atoms with van der Waals surface area (Å²) in [7, 11) is 1.61. The number of aliphatic hydroxyl groups excluding tert-OH is 1. The topological polar surface area (TPSA) is 101 Å². The van der Waals surface area contributed by atoms with Crippen LogP contribution in [0.3, 0.4) is 0 Å². The van der Waals surface area contributed by atoms with Gasteiger partial charge in [0.1, 0.15) is 5.69 Å². The van der Waals surface area contributed by atoms with Crippen LogP contribution in [0.1, 0.15) is 56.9 Å². The van der Waals surface area contributed by atoms with Gasteiger partial charge < -0.3 is 20.5 Å². The Morgan fingerprint density at radius 3 is 2.74 bits per heavy atom. The first-order valence-electron chi connectivity index (χ1n) is 11.4. The molecule has 0 radical (unpaired) electrons. The van der Waals surface area contributed by atoms with Gasteiger partial charge in [-0.05, 0) is 61.0 Å². The van der Waals surface area contributed by atoms with Crippen LogP contribution in [0.2, 0.25) is 0 Å². The van der Waals surface area contributed by atoms with Crippen LogP contribution in [0, 0.1) is 29.1 Å². The van der Waals surface area contributed by atoms with Crippen LogP contribution in [0.4, 0.5) is 0 Å². The molecule has 0 aromatic carbocycles. The second-order valence-electron chi connectivity index (χ2n) is 9.64. The highest BCUT2D eigenvalue weighted by atomic mass is 16.5. The molecule has 7 heteroatoms. The Bertz CT molecular complexity index is 758. The number of methoxy groups -OCH3 is 1. The van der Waals surface area contributed by atoms with Gasteiger partial charge in [-0.1, -0.05) is 26.8 Å². The van der Waals surface area contributed by atoms with Crippen LogP contribution in [0.15, 0.2) is 24.4 Å². The second kappa shape index (κ2) is 10.1. The molecule has 7 atom stereocenters. The molecule has 172 valence electrons. The van der Waals surface area contributed by atoms with Crippen molar-refractivity contribution in [3.63, 3.8) is 0 Å². The molecule has 1 aromatic heterocycles. The van der Waals surface area contributed by atoms with Gasteiger partial charge in [0.25, 0.3) is 5.91 Å². The summed E-state index contributed by atoms with van der Waals surface area (Å²) < 4.78 is 5.01. The van der Waals surface area contributed by atoms with Gasteiger partial charge in [-0.2, -0.15) is 0 Å². The number of ether oxygens (including phenoxy) is 1. The van der Waals surface area contributed by atoms with E-state index in [4.69, 9.17) is 4.74 Å². The summed E-state index contributed by atoms with van der Waals surface area (Å²) in [6, 6.07) is 5.28. The van der Waals surface area contributed by atoms with E-state index in [0.717, 1.165) is 25.7 Å². The van der Waals surface area contributed by atoms with Gasteiger partial charge >= 0.3 is 0 Å². The zero-order valence-electron chi connectivity index (χ0n) is 19.1. The lowest BCUT2D eigenvalue weighted by Gasteiger charge is -2.56. The lowest BCUT2D eigenvalue weighted by Crippen LogP contribution is -2.58. The van der Waals surface area contributed by atoms with E-state index in [1.54, 1.807) is 31.5 Å². The van der Waals surface area contributed by atoms with E-state index in [1.807, 2.05) is 6.92 Å². The maximum Gasteiger partial charge on any atom is 0.270 e. The summed E-state index contributed by atoms with van der Waals surface area (Å²) in [6.07, 6.45) is 4.70. The Morgan fingerprint density at radius 2 is 2.06 bits per heavy atom. The predicted molar refractivity (Wildman–Crippen MR) is 118 cm³/mol. The van der Waals surface area contributed by atoms with Gasteiger partial charge in [0.15, 0.2) is 0 Å². The molecular weight excluding hydrogens is 394 g/mol. The number of nitrogens with zero attached hydrogens (tertiary/aromatic N) is 1. The van der Waals surface area contributed by atoms with Crippen molar-refractivity contribution in [1.29, 1.82) is 0 Å². The van der Waals surface area contributed by atoms with Crippen molar-refractivity contribution in [3.8, 4) is 0 Å². The summed E-state index contributed by atoms with van der Waals surface area (Å²) in [5, 5.41) is 17.5. The van der Waals surface area contributed by atoms with Gasteiger partial charge in [-0.3, -0.25) is 14.6 Å². The SMILES string of the molecule is COCCNC(=O)[C@@H](C)C1CC[C@@]2(C)CC[C@H](NC(=O)c3ccccn3)[C@@H](C)[C@@H]2[C@H]1O. The first-order chi connectivity index (χ1) is 14.8. The van der Waals surface area contributed by atoms with Crippen LogP contribution in [-0.4, -0.2) is 54.3 Å². The Labute approximate surface area is 185 Å². The third-order valence-corrected chi connectivity index (χ3v) is 7.76. The van der Waals surface area contributed by atoms with Crippen molar-refractivity contribution in [1.82, 2.24) is 15.6 Å². The number of aliphatic hydroxyl groups is 1. The fourth-order valence-electron chi connectivity index (χ4n) is 5.87. The average molecular weight is 432 g/mol. The average Bonchev–Trinajstić information content (AvgIpc) is 2.76. The number of hydrogen-bond acceptors (Lipinski definition) is 5. The number of fused-ring (bicyclic) bond motifs is 1. The fraction of sp³-hybridized carbons (Fsp3) is 0.708. The summed E-state index contributed by atoms with van der Waals surface area (Å²) in [5.41, 5.74) is 0.430. The highest BCUT2D eigenvalue weighted by Gasteiger charge is 2.53. The van der Waals surface area contributed by atoms with Gasteiger partial charge in [-0.25, -0.2) is 0 Å². The predicted octanol–water partition coefficient (Wildman–Crippen LogP) is 2.40. The van der Waals surface area contributed by atoms with Gasteiger partial charge in [0.05, 0.1) is 12.7 Å². The largest absolute Gasteiger partial charge is 0.392 e. The Balaban J connectivity index is 1.70. The highest BCUT2D eigenvalue weighted by Crippen LogP contribution is 2.55. The van der Waals surface area contributed by atoms with Crippen molar-refractivity contribution in [2.75, 3.05) is 20.3 Å². The van der Waals surface area contributed by atoms with E-state index >= 15 is 0 Å². The third kappa shape index (κ3) is 5.09. The van der Waals surface area contributed by atoms with Crippen molar-refractivity contribution < 1.29 is 19.4 Å². The summed E-state index contributed by atoms with van der Waals surface area (Å²) in [6.45, 7) is 7.24. The number of rotatable bonds is 7. The molecule has 0 aliphatic heterocycles. The molecule has 31 heavy (non-hydrogen) atoms. The molecule has 2 aliphatic carbocycles. The zero-order valence-corrected chi connectivity index (χ0v) is 19.1. The van der Waals surface area contributed by atoms with E-state index in [-0.39, 0.29) is 46.9 Å². The molecule has 0 spiro atoms. The monoisotopic (exact) mass is 431 g/mol. The molecule has 1 heterocycles. The van der Waals surface area contributed by atoms with E-state index in [0.29, 0.717) is 18.8 Å². The molecule has 3 rings (SSSR count). The van der Waals surface area contributed by atoms with Crippen LogP contribution in [-0.2, 0) is 9.53 Å². The molecule has 1 unspecified atom stereocenters. The molecule has 2 aliphatic rings. The normalized spacial score (nSPS) is 33.8. The first kappa shape index (κ1) is 23.7. The Kier molecular flexibility index (Phi) is 7.70. The lowest BCUT2D eigenvalue weighted by atomic mass is 9.51. The van der Waals surface area contributed by atoms with Crippen LogP contribution >= 0.6 is 0 Å². The lowest BCUT2D eigenvalue weighted by molar-refractivity contribution is -0.142. The minimum absolute atomic E-state index is 0.0215. The minimum atomic E-state index is -0.577. The van der Waals surface area contributed by atoms with Crippen LogP contribution in [0.5, 0.6) is 0 Å². The maximum absolute atomic E-state index is 12.7. The van der Waals surface area contributed by atoms with Crippen molar-refractivity contribution in [2.24, 2.45) is 29.1 Å². The molecule has 7 nitrogen and oxygen atoms in total. The first-order valence-corrected chi connectivity index (χ1v) is 11.4. The number of aromatic nitrogens is 1. The minimum Gasteiger partial charge on any atom is -0.392 e. The van der Waals surface area contributed by atoms with Crippen LogP contribution in [0.25, 0.3) is 0 Å². The molecule has 2 fully saturated rings. The smallest absolute Gasteiger partial charge is 0.270 e. The Hall–Kier alpha value is -1.99. The molecule has 0 saturated heterocycles. The van der Waals surface area contributed by atoms with Crippen LogP contribution < -0.4 is 10.6 Å². The van der Waals surface area contributed by atoms with E-state index in [1.165, 1.54) is 0 Å².